The number of aliphatic hydroxyl groups excluding tert-OH is 1. The molecule has 0 bridgehead atoms. The van der Waals surface area contributed by atoms with E-state index in [0.29, 0.717) is 12.2 Å². The zero-order valence-corrected chi connectivity index (χ0v) is 11.1. The maximum atomic E-state index is 12.0. The van der Waals surface area contributed by atoms with Crippen molar-refractivity contribution >= 4 is 11.7 Å². The first-order chi connectivity index (χ1) is 8.40. The molecular formula is C13H21N3O2. The van der Waals surface area contributed by atoms with Gasteiger partial charge in [-0.15, -0.1) is 0 Å². The van der Waals surface area contributed by atoms with E-state index >= 15 is 0 Å². The maximum absolute atomic E-state index is 12.0. The topological polar surface area (TPSA) is 78.6 Å². The molecule has 100 valence electrons. The van der Waals surface area contributed by atoms with Crippen LogP contribution in [-0.4, -0.2) is 35.2 Å². The molecule has 0 aliphatic heterocycles. The van der Waals surface area contributed by atoms with Gasteiger partial charge in [0.2, 0.25) is 0 Å². The molecule has 1 aromatic carbocycles. The fourth-order valence-electron chi connectivity index (χ4n) is 1.36. The van der Waals surface area contributed by atoms with Gasteiger partial charge in [0.1, 0.15) is 0 Å². The van der Waals surface area contributed by atoms with Crippen LogP contribution in [0.3, 0.4) is 0 Å². The molecule has 0 aliphatic rings. The van der Waals surface area contributed by atoms with Crippen molar-refractivity contribution in [1.82, 2.24) is 4.90 Å². The number of nitrogens with one attached hydrogen (secondary N) is 1. The Bertz CT molecular complexity index is 418. The van der Waals surface area contributed by atoms with E-state index in [1.54, 1.807) is 27.0 Å². The van der Waals surface area contributed by atoms with E-state index in [9.17, 15) is 9.90 Å². The minimum absolute atomic E-state index is 0.0975. The summed E-state index contributed by atoms with van der Waals surface area (Å²) in [7, 11) is 1.65. The monoisotopic (exact) mass is 251 g/mol. The largest absolute Gasteiger partial charge is 0.394 e. The Balaban J connectivity index is 2.75. The fraction of sp³-hybridized carbons (Fsp3) is 0.462. The first kappa shape index (κ1) is 14.5. The number of nitrogens with two attached hydrogens (primary N) is 1. The zero-order valence-electron chi connectivity index (χ0n) is 11.1. The van der Waals surface area contributed by atoms with Crippen molar-refractivity contribution in [1.29, 1.82) is 0 Å². The molecule has 2 amide bonds. The standard InChI is InChI=1S/C13H21N3O2/c1-13(2,9-17)16(3)12(18)15-11-6-4-5-10(7-11)8-14/h4-7,17H,8-9,14H2,1-3H3,(H,15,18). The summed E-state index contributed by atoms with van der Waals surface area (Å²) in [4.78, 5) is 13.5. The summed E-state index contributed by atoms with van der Waals surface area (Å²) < 4.78 is 0. The molecule has 1 rings (SSSR count). The molecule has 0 saturated heterocycles. The molecule has 0 spiro atoms. The summed E-state index contributed by atoms with van der Waals surface area (Å²) >= 11 is 0. The fourth-order valence-corrected chi connectivity index (χ4v) is 1.36. The molecule has 0 atom stereocenters. The first-order valence-electron chi connectivity index (χ1n) is 5.85. The van der Waals surface area contributed by atoms with Crippen molar-refractivity contribution in [2.24, 2.45) is 5.73 Å². The zero-order chi connectivity index (χ0) is 13.8. The Morgan fingerprint density at radius 1 is 1.50 bits per heavy atom. The van der Waals surface area contributed by atoms with E-state index < -0.39 is 5.54 Å². The quantitative estimate of drug-likeness (QED) is 0.756. The number of nitrogens with zero attached hydrogens (tertiary/aromatic N) is 1. The van der Waals surface area contributed by atoms with Gasteiger partial charge in [0.25, 0.3) is 0 Å². The Morgan fingerprint density at radius 3 is 2.72 bits per heavy atom. The number of likely N-dealkylation sites (N-methyl/N-ethyl adjacent to an activating group) is 1. The number of hydrogen-bond acceptors (Lipinski definition) is 3. The molecular weight excluding hydrogens is 230 g/mol. The minimum Gasteiger partial charge on any atom is -0.394 e. The third-order valence-electron chi connectivity index (χ3n) is 3.01. The van der Waals surface area contributed by atoms with E-state index in [0.717, 1.165) is 5.56 Å². The molecule has 0 saturated carbocycles. The van der Waals surface area contributed by atoms with Gasteiger partial charge < -0.3 is 21.1 Å². The summed E-state index contributed by atoms with van der Waals surface area (Å²) in [6.45, 7) is 3.92. The highest BCUT2D eigenvalue weighted by molar-refractivity contribution is 5.89. The third kappa shape index (κ3) is 3.45. The Kier molecular flexibility index (Phi) is 4.69. The summed E-state index contributed by atoms with van der Waals surface area (Å²) in [5.74, 6) is 0. The lowest BCUT2D eigenvalue weighted by molar-refractivity contribution is 0.104. The first-order valence-corrected chi connectivity index (χ1v) is 5.85. The minimum atomic E-state index is -0.602. The van der Waals surface area contributed by atoms with Crippen LogP contribution in [0.25, 0.3) is 0 Å². The van der Waals surface area contributed by atoms with Gasteiger partial charge in [-0.2, -0.15) is 0 Å². The van der Waals surface area contributed by atoms with Gasteiger partial charge in [-0.05, 0) is 31.5 Å². The van der Waals surface area contributed by atoms with Gasteiger partial charge in [0, 0.05) is 19.3 Å². The van der Waals surface area contributed by atoms with E-state index in [4.69, 9.17) is 5.73 Å². The highest BCUT2D eigenvalue weighted by atomic mass is 16.3. The second-order valence-corrected chi connectivity index (χ2v) is 4.86. The molecule has 18 heavy (non-hydrogen) atoms. The second kappa shape index (κ2) is 5.84. The van der Waals surface area contributed by atoms with E-state index in [1.165, 1.54) is 4.90 Å². The Hall–Kier alpha value is -1.59. The van der Waals surface area contributed by atoms with Gasteiger partial charge in [0.15, 0.2) is 0 Å². The third-order valence-corrected chi connectivity index (χ3v) is 3.01. The number of carbonyl (C=O) groups is 1. The lowest BCUT2D eigenvalue weighted by Crippen LogP contribution is -2.49. The summed E-state index contributed by atoms with van der Waals surface area (Å²) in [6, 6.07) is 7.11. The molecule has 0 unspecified atom stereocenters. The van der Waals surface area contributed by atoms with Crippen molar-refractivity contribution in [2.45, 2.75) is 25.9 Å². The predicted molar refractivity (Wildman–Crippen MR) is 72.3 cm³/mol. The normalized spacial score (nSPS) is 11.2. The van der Waals surface area contributed by atoms with Crippen molar-refractivity contribution in [3.63, 3.8) is 0 Å². The van der Waals surface area contributed by atoms with Crippen molar-refractivity contribution in [3.05, 3.63) is 29.8 Å². The van der Waals surface area contributed by atoms with Crippen LogP contribution in [0.4, 0.5) is 10.5 Å². The van der Waals surface area contributed by atoms with Gasteiger partial charge in [-0.25, -0.2) is 4.79 Å². The molecule has 5 nitrogen and oxygen atoms in total. The van der Waals surface area contributed by atoms with Crippen LogP contribution in [0, 0.1) is 0 Å². The number of carbonyl (C=O) groups excluding carboxylic acids is 1. The number of aliphatic hydroxyl groups is 1. The molecule has 4 N–H and O–H groups in total. The van der Waals surface area contributed by atoms with Crippen molar-refractivity contribution < 1.29 is 9.90 Å². The lowest BCUT2D eigenvalue weighted by atomic mass is 10.1. The summed E-state index contributed by atoms with van der Waals surface area (Å²) in [5.41, 5.74) is 6.60. The van der Waals surface area contributed by atoms with Crippen LogP contribution >= 0.6 is 0 Å². The number of urea groups is 1. The molecule has 1 aromatic rings. The highest BCUT2D eigenvalue weighted by Crippen LogP contribution is 2.15. The molecule has 0 aliphatic carbocycles. The molecule has 5 heteroatoms. The highest BCUT2D eigenvalue weighted by Gasteiger charge is 2.26. The Labute approximate surface area is 108 Å². The predicted octanol–water partition coefficient (Wildman–Crippen LogP) is 1.38. The lowest BCUT2D eigenvalue weighted by Gasteiger charge is -2.33. The van der Waals surface area contributed by atoms with Crippen molar-refractivity contribution in [2.75, 3.05) is 19.0 Å². The number of hydrogen-bond donors (Lipinski definition) is 3. The van der Waals surface area contributed by atoms with Crippen LogP contribution in [0.2, 0.25) is 0 Å². The van der Waals surface area contributed by atoms with E-state index in [1.807, 2.05) is 18.2 Å². The second-order valence-electron chi connectivity index (χ2n) is 4.86. The van der Waals surface area contributed by atoms with Gasteiger partial charge in [-0.1, -0.05) is 12.1 Å². The average molecular weight is 251 g/mol. The maximum Gasteiger partial charge on any atom is 0.322 e. The van der Waals surface area contributed by atoms with Crippen LogP contribution in [-0.2, 0) is 6.54 Å². The number of benzene rings is 1. The number of anilines is 1. The Morgan fingerprint density at radius 2 is 2.17 bits per heavy atom. The van der Waals surface area contributed by atoms with Gasteiger partial charge >= 0.3 is 6.03 Å². The number of amides is 2. The van der Waals surface area contributed by atoms with Crippen LogP contribution in [0.5, 0.6) is 0 Å². The van der Waals surface area contributed by atoms with Gasteiger partial charge in [0.05, 0.1) is 12.1 Å². The van der Waals surface area contributed by atoms with Crippen molar-refractivity contribution in [3.8, 4) is 0 Å². The summed E-state index contributed by atoms with van der Waals surface area (Å²) in [6.07, 6.45) is 0. The van der Waals surface area contributed by atoms with E-state index in [-0.39, 0.29) is 12.6 Å². The SMILES string of the molecule is CN(C(=O)Nc1cccc(CN)c1)C(C)(C)CO. The molecule has 0 heterocycles. The van der Waals surface area contributed by atoms with E-state index in [2.05, 4.69) is 5.32 Å². The van der Waals surface area contributed by atoms with Gasteiger partial charge in [-0.3, -0.25) is 0 Å². The molecule has 0 radical (unpaired) electrons. The van der Waals surface area contributed by atoms with Crippen LogP contribution in [0.1, 0.15) is 19.4 Å². The molecule has 0 fully saturated rings. The molecule has 0 aromatic heterocycles. The smallest absolute Gasteiger partial charge is 0.322 e. The van der Waals surface area contributed by atoms with Crippen LogP contribution in [0.15, 0.2) is 24.3 Å². The number of rotatable bonds is 4. The van der Waals surface area contributed by atoms with Crippen LogP contribution < -0.4 is 11.1 Å². The average Bonchev–Trinajstić information content (AvgIpc) is 2.37. The summed E-state index contributed by atoms with van der Waals surface area (Å²) in [5, 5.41) is 12.0.